The van der Waals surface area contributed by atoms with Crippen molar-refractivity contribution < 1.29 is 26.4 Å². The molecule has 25 heavy (non-hydrogen) atoms. The summed E-state index contributed by atoms with van der Waals surface area (Å²) in [6, 6.07) is 5.70. The minimum absolute atomic E-state index is 0.0646. The first-order valence-corrected chi connectivity index (χ1v) is 9.43. The molecule has 0 unspecified atom stereocenters. The van der Waals surface area contributed by atoms with E-state index in [0.29, 0.717) is 16.3 Å². The van der Waals surface area contributed by atoms with E-state index in [1.807, 2.05) is 0 Å². The van der Waals surface area contributed by atoms with Crippen LogP contribution in [0.2, 0.25) is 0 Å². The molecule has 0 bridgehead atoms. The number of nitrogens with one attached hydrogen (secondary N) is 1. The summed E-state index contributed by atoms with van der Waals surface area (Å²) in [5.41, 5.74) is -0.242. The molecule has 3 rings (SSSR count). The Morgan fingerprint density at radius 2 is 1.84 bits per heavy atom. The second-order valence-electron chi connectivity index (χ2n) is 5.10. The van der Waals surface area contributed by atoms with Crippen molar-refractivity contribution in [2.75, 3.05) is 11.6 Å². The Labute approximate surface area is 144 Å². The molecule has 1 heterocycles. The Morgan fingerprint density at radius 3 is 2.52 bits per heavy atom. The lowest BCUT2D eigenvalue weighted by molar-refractivity contribution is 0.102. The lowest BCUT2D eigenvalue weighted by atomic mass is 10.2. The molecule has 0 saturated heterocycles. The zero-order valence-corrected chi connectivity index (χ0v) is 14.1. The van der Waals surface area contributed by atoms with Crippen LogP contribution in [0.25, 0.3) is 10.2 Å². The van der Waals surface area contributed by atoms with Gasteiger partial charge in [-0.3, -0.25) is 10.1 Å². The lowest BCUT2D eigenvalue weighted by Gasteiger charge is -2.04. The smallest absolute Gasteiger partial charge is 0.260 e. The molecule has 10 heteroatoms. The number of halogens is 3. The number of rotatable bonds is 3. The number of amides is 1. The zero-order valence-electron chi connectivity index (χ0n) is 12.5. The largest absolute Gasteiger partial charge is 0.298 e. The van der Waals surface area contributed by atoms with E-state index in [-0.39, 0.29) is 10.0 Å². The number of sulfone groups is 1. The van der Waals surface area contributed by atoms with E-state index in [9.17, 15) is 26.4 Å². The minimum atomic E-state index is -3.40. The van der Waals surface area contributed by atoms with Crippen molar-refractivity contribution in [3.05, 3.63) is 53.3 Å². The van der Waals surface area contributed by atoms with Gasteiger partial charge in [-0.1, -0.05) is 11.3 Å². The first-order chi connectivity index (χ1) is 11.7. The highest BCUT2D eigenvalue weighted by molar-refractivity contribution is 7.90. The maximum absolute atomic E-state index is 13.6. The number of hydrogen-bond acceptors (Lipinski definition) is 5. The van der Waals surface area contributed by atoms with Crippen LogP contribution in [0.5, 0.6) is 0 Å². The predicted molar refractivity (Wildman–Crippen MR) is 87.0 cm³/mol. The summed E-state index contributed by atoms with van der Waals surface area (Å²) in [7, 11) is -3.40. The number of nitrogens with zero attached hydrogens (tertiary/aromatic N) is 1. The second-order valence-corrected chi connectivity index (χ2v) is 8.14. The molecule has 5 nitrogen and oxygen atoms in total. The quantitative estimate of drug-likeness (QED) is 0.701. The highest BCUT2D eigenvalue weighted by Gasteiger charge is 2.20. The van der Waals surface area contributed by atoms with E-state index >= 15 is 0 Å². The van der Waals surface area contributed by atoms with Crippen LogP contribution in [0, 0.1) is 17.5 Å². The van der Waals surface area contributed by atoms with Crippen LogP contribution >= 0.6 is 11.3 Å². The number of carbonyl (C=O) groups is 1. The van der Waals surface area contributed by atoms with Crippen molar-refractivity contribution in [3.8, 4) is 0 Å². The van der Waals surface area contributed by atoms with Gasteiger partial charge in [-0.15, -0.1) is 0 Å². The fourth-order valence-electron chi connectivity index (χ4n) is 2.05. The molecule has 0 aliphatic rings. The van der Waals surface area contributed by atoms with Crippen molar-refractivity contribution in [1.29, 1.82) is 0 Å². The van der Waals surface area contributed by atoms with Crippen LogP contribution in [0.1, 0.15) is 10.4 Å². The third-order valence-electron chi connectivity index (χ3n) is 3.29. The van der Waals surface area contributed by atoms with Gasteiger partial charge in [-0.25, -0.2) is 26.6 Å². The van der Waals surface area contributed by atoms with Gasteiger partial charge in [-0.05, 0) is 30.3 Å². The Morgan fingerprint density at radius 1 is 1.12 bits per heavy atom. The Balaban J connectivity index is 1.93. The number of benzene rings is 2. The number of aromatic nitrogens is 1. The van der Waals surface area contributed by atoms with Crippen LogP contribution in [-0.2, 0) is 9.84 Å². The molecule has 0 fully saturated rings. The normalized spacial score (nSPS) is 11.7. The van der Waals surface area contributed by atoms with Crippen molar-refractivity contribution in [2.45, 2.75) is 4.90 Å². The molecule has 1 aromatic heterocycles. The zero-order chi connectivity index (χ0) is 18.4. The first-order valence-electron chi connectivity index (χ1n) is 6.72. The molecule has 0 atom stereocenters. The molecular weight excluding hydrogens is 377 g/mol. The highest BCUT2D eigenvalue weighted by atomic mass is 32.2. The van der Waals surface area contributed by atoms with Crippen LogP contribution in [0.3, 0.4) is 0 Å². The van der Waals surface area contributed by atoms with Gasteiger partial charge in [0.1, 0.15) is 0 Å². The molecule has 2 aromatic carbocycles. The van der Waals surface area contributed by atoms with E-state index in [2.05, 4.69) is 10.3 Å². The van der Waals surface area contributed by atoms with Crippen molar-refractivity contribution >= 4 is 42.4 Å². The third kappa shape index (κ3) is 3.35. The molecule has 0 aliphatic carbocycles. The SMILES string of the molecule is CS(=O)(=O)c1ccc2nc(NC(=O)c3ccc(F)c(F)c3F)sc2c1. The number of anilines is 1. The molecule has 0 aliphatic heterocycles. The Kier molecular flexibility index (Phi) is 4.25. The van der Waals surface area contributed by atoms with E-state index in [4.69, 9.17) is 0 Å². The summed E-state index contributed by atoms with van der Waals surface area (Å²) in [5.74, 6) is -5.74. The Bertz CT molecular complexity index is 1110. The lowest BCUT2D eigenvalue weighted by Crippen LogP contribution is -2.15. The van der Waals surface area contributed by atoms with Gasteiger partial charge in [0, 0.05) is 6.26 Å². The van der Waals surface area contributed by atoms with Crippen LogP contribution in [0.15, 0.2) is 35.2 Å². The van der Waals surface area contributed by atoms with Gasteiger partial charge in [0.25, 0.3) is 5.91 Å². The van der Waals surface area contributed by atoms with E-state index < -0.39 is 38.8 Å². The fourth-order valence-corrected chi connectivity index (χ4v) is 3.68. The van der Waals surface area contributed by atoms with Crippen molar-refractivity contribution in [3.63, 3.8) is 0 Å². The molecule has 0 saturated carbocycles. The van der Waals surface area contributed by atoms with Gasteiger partial charge in [0.15, 0.2) is 32.4 Å². The minimum Gasteiger partial charge on any atom is -0.298 e. The van der Waals surface area contributed by atoms with Crippen LogP contribution < -0.4 is 5.32 Å². The summed E-state index contributed by atoms with van der Waals surface area (Å²) in [5, 5.41) is 2.35. The fraction of sp³-hybridized carbons (Fsp3) is 0.0667. The average molecular weight is 386 g/mol. The molecular formula is C15H9F3N2O3S2. The number of thiazole rings is 1. The van der Waals surface area contributed by atoms with Crippen LogP contribution in [0.4, 0.5) is 18.3 Å². The first kappa shape index (κ1) is 17.4. The van der Waals surface area contributed by atoms with E-state index in [1.54, 1.807) is 0 Å². The summed E-state index contributed by atoms with van der Waals surface area (Å²) in [4.78, 5) is 16.2. The van der Waals surface area contributed by atoms with Crippen LogP contribution in [-0.4, -0.2) is 25.6 Å². The van der Waals surface area contributed by atoms with Crippen molar-refractivity contribution in [1.82, 2.24) is 4.98 Å². The molecule has 0 radical (unpaired) electrons. The second kappa shape index (κ2) is 6.12. The standard InChI is InChI=1S/C15H9F3N2O3S2/c1-25(22,23)7-2-5-10-11(6-7)24-15(19-10)20-14(21)8-3-4-9(16)13(18)12(8)17/h2-6H,1H3,(H,19,20,21). The summed E-state index contributed by atoms with van der Waals surface area (Å²) >= 11 is 0.966. The Hall–Kier alpha value is -2.46. The number of hydrogen-bond donors (Lipinski definition) is 1. The highest BCUT2D eigenvalue weighted by Crippen LogP contribution is 2.28. The van der Waals surface area contributed by atoms with E-state index in [1.165, 1.54) is 18.2 Å². The topological polar surface area (TPSA) is 76.1 Å². The molecule has 0 spiro atoms. The number of fused-ring (bicyclic) bond motifs is 1. The predicted octanol–water partition coefficient (Wildman–Crippen LogP) is 3.37. The molecule has 1 amide bonds. The van der Waals surface area contributed by atoms with Gasteiger partial charge in [0.2, 0.25) is 0 Å². The maximum Gasteiger partial charge on any atom is 0.260 e. The molecule has 1 N–H and O–H groups in total. The van der Waals surface area contributed by atoms with Crippen molar-refractivity contribution in [2.24, 2.45) is 0 Å². The maximum atomic E-state index is 13.6. The molecule has 3 aromatic rings. The van der Waals surface area contributed by atoms with E-state index in [0.717, 1.165) is 23.7 Å². The van der Waals surface area contributed by atoms with Gasteiger partial charge < -0.3 is 0 Å². The summed E-state index contributed by atoms with van der Waals surface area (Å²) < 4.78 is 63.4. The summed E-state index contributed by atoms with van der Waals surface area (Å²) in [6.45, 7) is 0. The number of carbonyl (C=O) groups excluding carboxylic acids is 1. The van der Waals surface area contributed by atoms with Gasteiger partial charge in [-0.2, -0.15) is 0 Å². The molecule has 130 valence electrons. The monoisotopic (exact) mass is 386 g/mol. The van der Waals surface area contributed by atoms with Gasteiger partial charge in [0.05, 0.1) is 20.7 Å². The third-order valence-corrected chi connectivity index (χ3v) is 5.33. The average Bonchev–Trinajstić information content (AvgIpc) is 2.93. The van der Waals surface area contributed by atoms with Gasteiger partial charge >= 0.3 is 0 Å². The summed E-state index contributed by atoms with van der Waals surface area (Å²) in [6.07, 6.45) is 1.06.